The number of anilines is 1. The van der Waals surface area contributed by atoms with Crippen LogP contribution in [-0.4, -0.2) is 63.1 Å². The van der Waals surface area contributed by atoms with E-state index in [0.29, 0.717) is 26.3 Å². The van der Waals surface area contributed by atoms with Crippen LogP contribution < -0.4 is 9.64 Å². The molecule has 1 aromatic rings. The topological polar surface area (TPSA) is 51.2 Å². The summed E-state index contributed by atoms with van der Waals surface area (Å²) in [4.78, 5) is 16.7. The maximum absolute atomic E-state index is 12.5. The Morgan fingerprint density at radius 3 is 2.78 bits per heavy atom. The molecule has 6 nitrogen and oxygen atoms in total. The van der Waals surface area contributed by atoms with Gasteiger partial charge in [-0.25, -0.2) is 4.79 Å². The molecule has 150 valence electrons. The monoisotopic (exact) mass is 376 g/mol. The van der Waals surface area contributed by atoms with E-state index in [9.17, 15) is 4.79 Å². The predicted octanol–water partition coefficient (Wildman–Crippen LogP) is 3.43. The van der Waals surface area contributed by atoms with Crippen LogP contribution in [-0.2, 0) is 15.9 Å². The average Bonchev–Trinajstić information content (AvgIpc) is 2.76. The zero-order chi connectivity index (χ0) is 19.6. The molecule has 6 heteroatoms. The zero-order valence-electron chi connectivity index (χ0n) is 17.2. The highest BCUT2D eigenvalue weighted by molar-refractivity contribution is 5.69. The van der Waals surface area contributed by atoms with Gasteiger partial charge in [0.2, 0.25) is 0 Å². The number of ether oxygens (including phenoxy) is 3. The summed E-state index contributed by atoms with van der Waals surface area (Å²) in [6.45, 7) is 12.3. The number of nitrogens with zero attached hydrogens (tertiary/aromatic N) is 2. The number of hydrogen-bond acceptors (Lipinski definition) is 5. The van der Waals surface area contributed by atoms with E-state index in [1.807, 2.05) is 25.7 Å². The number of carbonyl (C=O) groups is 1. The number of fused-ring (bicyclic) bond motifs is 2. The fourth-order valence-corrected chi connectivity index (χ4v) is 3.75. The highest BCUT2D eigenvalue weighted by Crippen LogP contribution is 2.38. The second-order valence-electron chi connectivity index (χ2n) is 8.42. The van der Waals surface area contributed by atoms with Gasteiger partial charge in [-0.05, 0) is 56.4 Å². The molecule has 27 heavy (non-hydrogen) atoms. The van der Waals surface area contributed by atoms with Gasteiger partial charge in [-0.15, -0.1) is 0 Å². The molecule has 3 rings (SSSR count). The second-order valence-corrected chi connectivity index (χ2v) is 8.42. The molecule has 0 aromatic heterocycles. The highest BCUT2D eigenvalue weighted by atomic mass is 16.6. The van der Waals surface area contributed by atoms with Gasteiger partial charge in [-0.3, -0.25) is 0 Å². The summed E-state index contributed by atoms with van der Waals surface area (Å²) < 4.78 is 16.8. The number of hydrogen-bond donors (Lipinski definition) is 0. The molecule has 0 saturated heterocycles. The minimum atomic E-state index is -0.478. The van der Waals surface area contributed by atoms with Gasteiger partial charge in [0.15, 0.2) is 0 Å². The van der Waals surface area contributed by atoms with Crippen LogP contribution in [0.3, 0.4) is 0 Å². The van der Waals surface area contributed by atoms with Crippen molar-refractivity contribution in [3.8, 4) is 5.75 Å². The SMILES string of the molecule is COCCN1CCOc2cc3c(cc21)C(C)CN(C(=O)OC(C)(C)C)CC3. The van der Waals surface area contributed by atoms with Gasteiger partial charge in [-0.2, -0.15) is 0 Å². The Hall–Kier alpha value is -1.95. The standard InChI is InChI=1S/C21H32N2O4/c1-15-14-23(20(24)27-21(2,3)4)7-6-16-12-19-18(13-17(15)16)22(8-10-25-5)9-11-26-19/h12-13,15H,6-11,14H2,1-5H3. The second kappa shape index (κ2) is 7.97. The van der Waals surface area contributed by atoms with E-state index in [-0.39, 0.29) is 12.0 Å². The Bertz CT molecular complexity index is 683. The van der Waals surface area contributed by atoms with Gasteiger partial charge in [0, 0.05) is 26.7 Å². The van der Waals surface area contributed by atoms with Gasteiger partial charge in [-0.1, -0.05) is 6.92 Å². The van der Waals surface area contributed by atoms with Crippen LogP contribution in [0.5, 0.6) is 5.75 Å². The van der Waals surface area contributed by atoms with E-state index in [1.165, 1.54) is 11.1 Å². The third-order valence-electron chi connectivity index (χ3n) is 5.07. The Labute approximate surface area is 162 Å². The number of methoxy groups -OCH3 is 1. The maximum atomic E-state index is 12.5. The van der Waals surface area contributed by atoms with Crippen molar-refractivity contribution in [2.24, 2.45) is 0 Å². The number of amides is 1. The van der Waals surface area contributed by atoms with E-state index in [0.717, 1.165) is 30.9 Å². The number of carbonyl (C=O) groups excluding carboxylic acids is 1. The van der Waals surface area contributed by atoms with Crippen LogP contribution in [0, 0.1) is 0 Å². The van der Waals surface area contributed by atoms with Gasteiger partial charge >= 0.3 is 6.09 Å². The largest absolute Gasteiger partial charge is 0.490 e. The van der Waals surface area contributed by atoms with Crippen molar-refractivity contribution in [2.75, 3.05) is 51.4 Å². The van der Waals surface area contributed by atoms with Crippen LogP contribution >= 0.6 is 0 Å². The van der Waals surface area contributed by atoms with E-state index < -0.39 is 5.60 Å². The van der Waals surface area contributed by atoms with Crippen LogP contribution in [0.1, 0.15) is 44.7 Å². The van der Waals surface area contributed by atoms with E-state index in [1.54, 1.807) is 7.11 Å². The molecule has 1 atom stereocenters. The molecule has 2 aliphatic rings. The molecule has 0 aliphatic carbocycles. The summed E-state index contributed by atoms with van der Waals surface area (Å²) in [5.74, 6) is 1.18. The third-order valence-corrected chi connectivity index (χ3v) is 5.07. The number of rotatable bonds is 3. The molecule has 1 aromatic carbocycles. The first-order chi connectivity index (χ1) is 12.8. The molecule has 0 bridgehead atoms. The molecule has 1 amide bonds. The van der Waals surface area contributed by atoms with Crippen molar-refractivity contribution in [1.82, 2.24) is 4.90 Å². The quantitative estimate of drug-likeness (QED) is 0.809. The highest BCUT2D eigenvalue weighted by Gasteiger charge is 2.29. The normalized spacial score (nSPS) is 19.7. The summed E-state index contributed by atoms with van der Waals surface area (Å²) in [5.41, 5.74) is 3.22. The predicted molar refractivity (Wildman–Crippen MR) is 106 cm³/mol. The molecule has 1 unspecified atom stereocenters. The van der Waals surface area contributed by atoms with Crippen LogP contribution in [0.4, 0.5) is 10.5 Å². The smallest absolute Gasteiger partial charge is 0.410 e. The zero-order valence-corrected chi connectivity index (χ0v) is 17.2. The summed E-state index contributed by atoms with van der Waals surface area (Å²) in [5, 5.41) is 0. The summed E-state index contributed by atoms with van der Waals surface area (Å²) in [6.07, 6.45) is 0.582. The van der Waals surface area contributed by atoms with Crippen LogP contribution in [0.15, 0.2) is 12.1 Å². The first-order valence-electron chi connectivity index (χ1n) is 9.80. The molecule has 0 saturated carbocycles. The van der Waals surface area contributed by atoms with Crippen LogP contribution in [0.2, 0.25) is 0 Å². The van der Waals surface area contributed by atoms with Gasteiger partial charge in [0.05, 0.1) is 18.8 Å². The van der Waals surface area contributed by atoms with Crippen molar-refractivity contribution in [3.63, 3.8) is 0 Å². The fraction of sp³-hybridized carbons (Fsp3) is 0.667. The van der Waals surface area contributed by atoms with Gasteiger partial charge < -0.3 is 24.0 Å². The van der Waals surface area contributed by atoms with Gasteiger partial charge in [0.25, 0.3) is 0 Å². The lowest BCUT2D eigenvalue weighted by molar-refractivity contribution is 0.0248. The Kier molecular flexibility index (Phi) is 5.84. The number of benzene rings is 1. The Morgan fingerprint density at radius 1 is 1.30 bits per heavy atom. The Balaban J connectivity index is 1.82. The minimum absolute atomic E-state index is 0.232. The van der Waals surface area contributed by atoms with Crippen LogP contribution in [0.25, 0.3) is 0 Å². The summed E-state index contributed by atoms with van der Waals surface area (Å²) in [6, 6.07) is 4.42. The lowest BCUT2D eigenvalue weighted by Gasteiger charge is -2.32. The molecular weight excluding hydrogens is 344 g/mol. The van der Waals surface area contributed by atoms with Gasteiger partial charge in [0.1, 0.15) is 18.0 Å². The molecule has 0 fully saturated rings. The van der Waals surface area contributed by atoms with E-state index >= 15 is 0 Å². The lowest BCUT2D eigenvalue weighted by atomic mass is 9.93. The Morgan fingerprint density at radius 2 is 2.07 bits per heavy atom. The van der Waals surface area contributed by atoms with Crippen molar-refractivity contribution >= 4 is 11.8 Å². The van der Waals surface area contributed by atoms with Crippen molar-refractivity contribution in [2.45, 2.75) is 45.6 Å². The first-order valence-corrected chi connectivity index (χ1v) is 9.80. The third kappa shape index (κ3) is 4.67. The van der Waals surface area contributed by atoms with Crippen molar-refractivity contribution in [3.05, 3.63) is 23.3 Å². The fourth-order valence-electron chi connectivity index (χ4n) is 3.75. The lowest BCUT2D eigenvalue weighted by Crippen LogP contribution is -2.38. The molecule has 0 N–H and O–H groups in total. The summed E-state index contributed by atoms with van der Waals surface area (Å²) in [7, 11) is 1.73. The maximum Gasteiger partial charge on any atom is 0.410 e. The van der Waals surface area contributed by atoms with E-state index in [4.69, 9.17) is 14.2 Å². The molecule has 2 heterocycles. The molecule has 2 aliphatic heterocycles. The first kappa shape index (κ1) is 19.8. The molecule has 0 spiro atoms. The van der Waals surface area contributed by atoms with Crippen molar-refractivity contribution in [1.29, 1.82) is 0 Å². The molecular formula is C21H32N2O4. The summed E-state index contributed by atoms with van der Waals surface area (Å²) >= 11 is 0. The minimum Gasteiger partial charge on any atom is -0.490 e. The van der Waals surface area contributed by atoms with E-state index in [2.05, 4.69) is 24.0 Å². The average molecular weight is 376 g/mol. The van der Waals surface area contributed by atoms with Crippen molar-refractivity contribution < 1.29 is 19.0 Å². The molecule has 0 radical (unpaired) electrons.